The molecule has 6 heteroatoms. The molecule has 0 aromatic rings. The molecular formula is C13H25F3N2O. The number of alkyl halides is 3. The molecule has 0 bridgehead atoms. The zero-order valence-corrected chi connectivity index (χ0v) is 12.0. The third-order valence-corrected chi connectivity index (χ3v) is 3.65. The van der Waals surface area contributed by atoms with Crippen molar-refractivity contribution in [1.82, 2.24) is 10.2 Å². The van der Waals surface area contributed by atoms with E-state index >= 15 is 0 Å². The first kappa shape index (κ1) is 16.7. The molecule has 2 unspecified atom stereocenters. The molecule has 0 aliphatic carbocycles. The largest absolute Gasteiger partial charge is 0.389 e. The molecule has 0 saturated carbocycles. The van der Waals surface area contributed by atoms with Crippen molar-refractivity contribution >= 4 is 0 Å². The highest BCUT2D eigenvalue weighted by atomic mass is 19.4. The highest BCUT2D eigenvalue weighted by Gasteiger charge is 2.30. The molecule has 1 fully saturated rings. The van der Waals surface area contributed by atoms with Gasteiger partial charge < -0.3 is 10.1 Å². The number of halogens is 3. The normalized spacial score (nSPS) is 23.8. The van der Waals surface area contributed by atoms with Crippen LogP contribution in [0.25, 0.3) is 0 Å². The second-order valence-electron chi connectivity index (χ2n) is 5.40. The van der Waals surface area contributed by atoms with Gasteiger partial charge in [-0.25, -0.2) is 0 Å². The van der Waals surface area contributed by atoms with E-state index in [4.69, 9.17) is 4.74 Å². The SMILES string of the molecule is CNC(CCCC(F)(F)F)C1CN(C(C)C)CCO1. The maximum Gasteiger partial charge on any atom is 0.389 e. The molecule has 2 atom stereocenters. The third kappa shape index (κ3) is 6.10. The summed E-state index contributed by atoms with van der Waals surface area (Å²) < 4.78 is 42.2. The van der Waals surface area contributed by atoms with Gasteiger partial charge in [-0.1, -0.05) is 0 Å². The van der Waals surface area contributed by atoms with Crippen molar-refractivity contribution in [2.24, 2.45) is 0 Å². The molecule has 1 aliphatic heterocycles. The summed E-state index contributed by atoms with van der Waals surface area (Å²) in [6.07, 6.45) is -4.15. The van der Waals surface area contributed by atoms with Crippen LogP contribution in [0.15, 0.2) is 0 Å². The van der Waals surface area contributed by atoms with Crippen LogP contribution < -0.4 is 5.32 Å². The van der Waals surface area contributed by atoms with E-state index in [0.29, 0.717) is 19.1 Å². The molecular weight excluding hydrogens is 257 g/mol. The molecule has 0 aromatic carbocycles. The summed E-state index contributed by atoms with van der Waals surface area (Å²) in [5.74, 6) is 0. The Morgan fingerprint density at radius 1 is 1.37 bits per heavy atom. The molecule has 0 aromatic heterocycles. The first-order chi connectivity index (χ1) is 8.83. The first-order valence-electron chi connectivity index (χ1n) is 6.93. The number of ether oxygens (including phenoxy) is 1. The molecule has 1 rings (SSSR count). The molecule has 19 heavy (non-hydrogen) atoms. The molecule has 114 valence electrons. The fourth-order valence-electron chi connectivity index (χ4n) is 2.45. The molecule has 0 radical (unpaired) electrons. The lowest BCUT2D eigenvalue weighted by Gasteiger charge is -2.39. The molecule has 1 saturated heterocycles. The Hall–Kier alpha value is -0.330. The monoisotopic (exact) mass is 282 g/mol. The molecule has 1 heterocycles. The minimum atomic E-state index is -4.06. The Bertz CT molecular complexity index is 259. The van der Waals surface area contributed by atoms with Gasteiger partial charge >= 0.3 is 6.18 Å². The summed E-state index contributed by atoms with van der Waals surface area (Å²) in [7, 11) is 1.79. The zero-order chi connectivity index (χ0) is 14.5. The maximum atomic E-state index is 12.2. The molecule has 1 N–H and O–H groups in total. The quantitative estimate of drug-likeness (QED) is 0.809. The van der Waals surface area contributed by atoms with Gasteiger partial charge in [0.2, 0.25) is 0 Å². The van der Waals surface area contributed by atoms with Gasteiger partial charge in [-0.3, -0.25) is 4.90 Å². The second-order valence-corrected chi connectivity index (χ2v) is 5.40. The van der Waals surface area contributed by atoms with Crippen LogP contribution in [0.3, 0.4) is 0 Å². The van der Waals surface area contributed by atoms with Crippen molar-refractivity contribution < 1.29 is 17.9 Å². The average Bonchev–Trinajstić information content (AvgIpc) is 2.33. The van der Waals surface area contributed by atoms with E-state index in [0.717, 1.165) is 13.1 Å². The minimum Gasteiger partial charge on any atom is -0.374 e. The van der Waals surface area contributed by atoms with Crippen LogP contribution in [-0.4, -0.2) is 56.0 Å². The number of likely N-dealkylation sites (N-methyl/N-ethyl adjacent to an activating group) is 1. The summed E-state index contributed by atoms with van der Waals surface area (Å²) in [5.41, 5.74) is 0. The Morgan fingerprint density at radius 2 is 2.05 bits per heavy atom. The molecule has 1 aliphatic rings. The number of nitrogens with one attached hydrogen (secondary N) is 1. The maximum absolute atomic E-state index is 12.2. The highest BCUT2D eigenvalue weighted by molar-refractivity contribution is 4.83. The van der Waals surface area contributed by atoms with E-state index in [2.05, 4.69) is 24.1 Å². The van der Waals surface area contributed by atoms with Crippen LogP contribution in [0, 0.1) is 0 Å². The molecule has 3 nitrogen and oxygen atoms in total. The lowest BCUT2D eigenvalue weighted by molar-refractivity contribution is -0.136. The van der Waals surface area contributed by atoms with Crippen LogP contribution >= 0.6 is 0 Å². The molecule has 0 spiro atoms. The van der Waals surface area contributed by atoms with Crippen molar-refractivity contribution in [3.63, 3.8) is 0 Å². The van der Waals surface area contributed by atoms with E-state index in [1.807, 2.05) is 0 Å². The van der Waals surface area contributed by atoms with Gasteiger partial charge in [0.1, 0.15) is 0 Å². The standard InChI is InChI=1S/C13H25F3N2O/c1-10(2)18-7-8-19-12(9-18)11(17-3)5-4-6-13(14,15)16/h10-12,17H,4-9H2,1-3H3. The van der Waals surface area contributed by atoms with E-state index < -0.39 is 12.6 Å². The zero-order valence-electron chi connectivity index (χ0n) is 12.0. The smallest absolute Gasteiger partial charge is 0.374 e. The number of hydrogen-bond acceptors (Lipinski definition) is 3. The van der Waals surface area contributed by atoms with E-state index in [1.54, 1.807) is 7.05 Å². The van der Waals surface area contributed by atoms with Crippen LogP contribution in [0.4, 0.5) is 13.2 Å². The van der Waals surface area contributed by atoms with Gasteiger partial charge in [0, 0.05) is 31.6 Å². The summed E-state index contributed by atoms with van der Waals surface area (Å²) >= 11 is 0. The molecule has 0 amide bonds. The van der Waals surface area contributed by atoms with Crippen LogP contribution in [0.1, 0.15) is 33.1 Å². The van der Waals surface area contributed by atoms with Crippen LogP contribution in [0.5, 0.6) is 0 Å². The summed E-state index contributed by atoms with van der Waals surface area (Å²) in [5, 5.41) is 3.10. The van der Waals surface area contributed by atoms with Gasteiger partial charge in [0.25, 0.3) is 0 Å². The minimum absolute atomic E-state index is 0.0103. The van der Waals surface area contributed by atoms with Crippen molar-refractivity contribution in [3.05, 3.63) is 0 Å². The Kier molecular flexibility index (Phi) is 6.56. The Morgan fingerprint density at radius 3 is 2.58 bits per heavy atom. The Labute approximate surface area is 113 Å². The fraction of sp³-hybridized carbons (Fsp3) is 1.00. The number of rotatable bonds is 6. The van der Waals surface area contributed by atoms with Crippen LogP contribution in [0.2, 0.25) is 0 Å². The van der Waals surface area contributed by atoms with Crippen molar-refractivity contribution in [2.45, 2.75) is 57.5 Å². The summed E-state index contributed by atoms with van der Waals surface area (Å²) in [6, 6.07) is 0.433. The number of morpholine rings is 1. The summed E-state index contributed by atoms with van der Waals surface area (Å²) in [4.78, 5) is 2.31. The third-order valence-electron chi connectivity index (χ3n) is 3.65. The predicted octanol–water partition coefficient (Wildman–Crippen LogP) is 2.42. The van der Waals surface area contributed by atoms with Crippen molar-refractivity contribution in [2.75, 3.05) is 26.7 Å². The Balaban J connectivity index is 2.41. The predicted molar refractivity (Wildman–Crippen MR) is 69.2 cm³/mol. The van der Waals surface area contributed by atoms with E-state index in [1.165, 1.54) is 0 Å². The van der Waals surface area contributed by atoms with Crippen molar-refractivity contribution in [1.29, 1.82) is 0 Å². The topological polar surface area (TPSA) is 24.5 Å². The van der Waals surface area contributed by atoms with Gasteiger partial charge in [-0.2, -0.15) is 13.2 Å². The van der Waals surface area contributed by atoms with Crippen molar-refractivity contribution in [3.8, 4) is 0 Å². The van der Waals surface area contributed by atoms with Gasteiger partial charge in [0.15, 0.2) is 0 Å². The van der Waals surface area contributed by atoms with Gasteiger partial charge in [0.05, 0.1) is 12.7 Å². The number of nitrogens with zero attached hydrogens (tertiary/aromatic N) is 1. The van der Waals surface area contributed by atoms with Crippen LogP contribution in [-0.2, 0) is 4.74 Å². The number of hydrogen-bond donors (Lipinski definition) is 1. The fourth-order valence-corrected chi connectivity index (χ4v) is 2.45. The lowest BCUT2D eigenvalue weighted by atomic mass is 10.0. The first-order valence-corrected chi connectivity index (χ1v) is 6.93. The average molecular weight is 282 g/mol. The second kappa shape index (κ2) is 7.45. The summed E-state index contributed by atoms with van der Waals surface area (Å²) in [6.45, 7) is 6.59. The van der Waals surface area contributed by atoms with E-state index in [-0.39, 0.29) is 18.6 Å². The van der Waals surface area contributed by atoms with Gasteiger partial charge in [-0.05, 0) is 33.7 Å². The van der Waals surface area contributed by atoms with E-state index in [9.17, 15) is 13.2 Å². The lowest BCUT2D eigenvalue weighted by Crippen LogP contribution is -2.53. The highest BCUT2D eigenvalue weighted by Crippen LogP contribution is 2.24. The van der Waals surface area contributed by atoms with Gasteiger partial charge in [-0.15, -0.1) is 0 Å².